The van der Waals surface area contributed by atoms with E-state index in [9.17, 15) is 42.8 Å². The Labute approximate surface area is 236 Å². The van der Waals surface area contributed by atoms with Gasteiger partial charge in [0.1, 0.15) is 12.7 Å². The molecule has 1 N–H and O–H groups in total. The fraction of sp³-hybridized carbons (Fsp3) is 0.321. The van der Waals surface area contributed by atoms with Gasteiger partial charge in [-0.1, -0.05) is 18.2 Å². The number of hydrogen-bond donors (Lipinski definition) is 1. The summed E-state index contributed by atoms with van der Waals surface area (Å²) in [7, 11) is -4.01. The summed E-state index contributed by atoms with van der Waals surface area (Å²) in [5.41, 5.74) is 0.410. The molecule has 0 radical (unpaired) electrons. The summed E-state index contributed by atoms with van der Waals surface area (Å²) in [5.74, 6) is -1.66. The summed E-state index contributed by atoms with van der Waals surface area (Å²) in [6, 6.07) is 10.4. The number of rotatable bonds is 5. The van der Waals surface area contributed by atoms with Crippen LogP contribution in [0.2, 0.25) is 0 Å². The number of alkyl halides is 1. The number of allylic oxidation sites excluding steroid dienone is 1. The molecular formula is C28H26FN5O6S. The maximum Gasteiger partial charge on any atom is 0.337 e. The molecule has 2 aromatic rings. The summed E-state index contributed by atoms with van der Waals surface area (Å²) in [6.45, 7) is 0.674. The van der Waals surface area contributed by atoms with Crippen molar-refractivity contribution in [1.82, 2.24) is 9.80 Å². The van der Waals surface area contributed by atoms with E-state index in [0.29, 0.717) is 0 Å². The van der Waals surface area contributed by atoms with E-state index in [-0.39, 0.29) is 64.5 Å². The highest BCUT2D eigenvalue weighted by Gasteiger charge is 2.46. The van der Waals surface area contributed by atoms with Crippen molar-refractivity contribution in [2.45, 2.75) is 37.4 Å². The molecule has 212 valence electrons. The zero-order valence-electron chi connectivity index (χ0n) is 22.2. The summed E-state index contributed by atoms with van der Waals surface area (Å²) in [5, 5.41) is 29.1. The summed E-state index contributed by atoms with van der Waals surface area (Å²) >= 11 is 0. The quantitative estimate of drug-likeness (QED) is 0.553. The molecule has 1 saturated heterocycles. The molecule has 0 aromatic heterocycles. The van der Waals surface area contributed by atoms with Crippen molar-refractivity contribution < 1.29 is 32.3 Å². The van der Waals surface area contributed by atoms with Crippen LogP contribution >= 0.6 is 0 Å². The number of aliphatic carboxylic acids is 1. The van der Waals surface area contributed by atoms with Crippen LogP contribution in [0.1, 0.15) is 42.5 Å². The van der Waals surface area contributed by atoms with E-state index < -0.39 is 46.5 Å². The van der Waals surface area contributed by atoms with E-state index in [4.69, 9.17) is 0 Å². The maximum absolute atomic E-state index is 14.2. The third-order valence-corrected chi connectivity index (χ3v) is 8.41. The Morgan fingerprint density at radius 2 is 1.78 bits per heavy atom. The molecule has 11 nitrogen and oxygen atoms in total. The van der Waals surface area contributed by atoms with Crippen LogP contribution in [0.15, 0.2) is 58.6 Å². The van der Waals surface area contributed by atoms with E-state index in [1.54, 1.807) is 0 Å². The maximum atomic E-state index is 14.2. The number of anilines is 1. The molecule has 1 fully saturated rings. The fourth-order valence-electron chi connectivity index (χ4n) is 5.14. The SMILES string of the molecule is CC1=C(C#N)[C@@H](c2ccc(C#N)cc2S(C)(=O)=O)N(C(=O)N2CCC(C(=O)O)CC2)C(=O)N1c1cccc(CF)c1. The van der Waals surface area contributed by atoms with Crippen LogP contribution in [0.5, 0.6) is 0 Å². The van der Waals surface area contributed by atoms with Crippen LogP contribution in [0.3, 0.4) is 0 Å². The molecule has 0 unspecified atom stereocenters. The first-order chi connectivity index (χ1) is 19.4. The van der Waals surface area contributed by atoms with Gasteiger partial charge in [-0.25, -0.2) is 27.3 Å². The highest BCUT2D eigenvalue weighted by Crippen LogP contribution is 2.42. The van der Waals surface area contributed by atoms with E-state index in [1.165, 1.54) is 48.2 Å². The van der Waals surface area contributed by atoms with Gasteiger partial charge in [0.15, 0.2) is 9.84 Å². The molecule has 2 aromatic carbocycles. The molecular weight excluding hydrogens is 553 g/mol. The van der Waals surface area contributed by atoms with E-state index >= 15 is 0 Å². The van der Waals surface area contributed by atoms with Crippen molar-refractivity contribution in [3.8, 4) is 12.1 Å². The van der Waals surface area contributed by atoms with Gasteiger partial charge in [0.2, 0.25) is 0 Å². The van der Waals surface area contributed by atoms with Crippen molar-refractivity contribution in [2.24, 2.45) is 5.92 Å². The number of nitriles is 2. The van der Waals surface area contributed by atoms with Crippen LogP contribution < -0.4 is 4.90 Å². The molecule has 0 bridgehead atoms. The fourth-order valence-corrected chi connectivity index (χ4v) is 6.09. The lowest BCUT2D eigenvalue weighted by Crippen LogP contribution is -2.57. The van der Waals surface area contributed by atoms with Crippen molar-refractivity contribution in [3.05, 3.63) is 70.4 Å². The molecule has 4 rings (SSSR count). The highest BCUT2D eigenvalue weighted by atomic mass is 32.2. The number of sulfone groups is 1. The smallest absolute Gasteiger partial charge is 0.337 e. The van der Waals surface area contributed by atoms with Gasteiger partial charge in [0.05, 0.1) is 39.8 Å². The standard InChI is InChI=1S/C28H26FN5O6S/c1-17-23(16-31)25(22-7-6-19(15-30)13-24(22)41(2,39)40)34(27(37)32-10-8-20(9-11-32)26(35)36)28(38)33(17)21-5-3-4-18(12-21)14-29/h3-7,12-13,20,25H,8-11,14H2,1-2H3,(H,35,36)/t25-/m1/s1. The average molecular weight is 580 g/mol. The van der Waals surface area contributed by atoms with Crippen molar-refractivity contribution >= 4 is 33.6 Å². The highest BCUT2D eigenvalue weighted by molar-refractivity contribution is 7.90. The number of piperidine rings is 1. The number of carboxylic acids is 1. The zero-order chi connectivity index (χ0) is 30.1. The number of halogens is 1. The van der Waals surface area contributed by atoms with Crippen LogP contribution in [-0.2, 0) is 21.3 Å². The number of urea groups is 2. The van der Waals surface area contributed by atoms with Gasteiger partial charge in [-0.05, 0) is 55.2 Å². The van der Waals surface area contributed by atoms with Crippen LogP contribution in [0.4, 0.5) is 19.7 Å². The molecule has 1 atom stereocenters. The molecule has 41 heavy (non-hydrogen) atoms. The molecule has 2 heterocycles. The minimum Gasteiger partial charge on any atom is -0.481 e. The summed E-state index contributed by atoms with van der Waals surface area (Å²) < 4.78 is 39.2. The van der Waals surface area contributed by atoms with Crippen LogP contribution in [-0.4, -0.2) is 60.7 Å². The molecule has 13 heteroatoms. The number of benzene rings is 2. The van der Waals surface area contributed by atoms with Gasteiger partial charge in [0, 0.05) is 25.0 Å². The molecule has 0 spiro atoms. The van der Waals surface area contributed by atoms with Gasteiger partial charge < -0.3 is 10.0 Å². The number of amides is 4. The normalized spacial score (nSPS) is 18.2. The van der Waals surface area contributed by atoms with E-state index in [0.717, 1.165) is 22.1 Å². The molecule has 4 amide bonds. The number of carbonyl (C=O) groups excluding carboxylic acids is 2. The van der Waals surface area contributed by atoms with Crippen LogP contribution in [0.25, 0.3) is 0 Å². The Hall–Kier alpha value is -4.75. The molecule has 0 saturated carbocycles. The third kappa shape index (κ3) is 5.49. The van der Waals surface area contributed by atoms with Gasteiger partial charge in [0.25, 0.3) is 0 Å². The average Bonchev–Trinajstić information content (AvgIpc) is 2.96. The zero-order valence-corrected chi connectivity index (χ0v) is 23.1. The Morgan fingerprint density at radius 3 is 2.34 bits per heavy atom. The monoisotopic (exact) mass is 579 g/mol. The summed E-state index contributed by atoms with van der Waals surface area (Å²) in [6.07, 6.45) is 1.20. The third-order valence-electron chi connectivity index (χ3n) is 7.26. The number of imide groups is 1. The lowest BCUT2D eigenvalue weighted by atomic mass is 9.92. The Kier molecular flexibility index (Phi) is 8.12. The Balaban J connectivity index is 1.95. The topological polar surface area (TPSA) is 163 Å². The lowest BCUT2D eigenvalue weighted by molar-refractivity contribution is -0.143. The van der Waals surface area contributed by atoms with E-state index in [2.05, 4.69) is 0 Å². The minimum atomic E-state index is -4.01. The predicted molar refractivity (Wildman–Crippen MR) is 144 cm³/mol. The largest absolute Gasteiger partial charge is 0.481 e. The van der Waals surface area contributed by atoms with Gasteiger partial charge in [-0.15, -0.1) is 0 Å². The molecule has 0 aliphatic carbocycles. The first-order valence-corrected chi connectivity index (χ1v) is 14.5. The van der Waals surface area contributed by atoms with Crippen molar-refractivity contribution in [1.29, 1.82) is 10.5 Å². The first kappa shape index (κ1) is 29.2. The van der Waals surface area contributed by atoms with E-state index in [1.807, 2.05) is 12.1 Å². The predicted octanol–water partition coefficient (Wildman–Crippen LogP) is 4.13. The second kappa shape index (κ2) is 11.4. The Bertz CT molecular complexity index is 1650. The lowest BCUT2D eigenvalue weighted by Gasteiger charge is -2.43. The van der Waals surface area contributed by atoms with Crippen molar-refractivity contribution in [3.63, 3.8) is 0 Å². The summed E-state index contributed by atoms with van der Waals surface area (Å²) in [4.78, 5) is 42.5. The number of nitrogens with zero attached hydrogens (tertiary/aromatic N) is 5. The Morgan fingerprint density at radius 1 is 1.10 bits per heavy atom. The van der Waals surface area contributed by atoms with Gasteiger partial charge in [-0.2, -0.15) is 10.5 Å². The van der Waals surface area contributed by atoms with Gasteiger partial charge >= 0.3 is 18.0 Å². The molecule has 2 aliphatic heterocycles. The second-order valence-electron chi connectivity index (χ2n) is 9.82. The minimum absolute atomic E-state index is 0.0144. The number of hydrogen-bond acceptors (Lipinski definition) is 7. The van der Waals surface area contributed by atoms with Gasteiger partial charge in [-0.3, -0.25) is 9.69 Å². The number of carbonyl (C=O) groups is 3. The first-order valence-electron chi connectivity index (χ1n) is 12.6. The molecule has 2 aliphatic rings. The number of carboxylic acid groups (broad SMARTS) is 1. The number of likely N-dealkylation sites (tertiary alicyclic amines) is 1. The van der Waals surface area contributed by atoms with Crippen molar-refractivity contribution in [2.75, 3.05) is 24.2 Å². The second-order valence-corrected chi connectivity index (χ2v) is 11.8. The van der Waals surface area contributed by atoms with Crippen LogP contribution in [0, 0.1) is 28.6 Å².